The quantitative estimate of drug-likeness (QED) is 0.709. The van der Waals surface area contributed by atoms with Crippen LogP contribution in [0.3, 0.4) is 0 Å². The number of anilines is 1. The van der Waals surface area contributed by atoms with Crippen LogP contribution in [0.25, 0.3) is 0 Å². The van der Waals surface area contributed by atoms with Crippen LogP contribution >= 0.6 is 0 Å². The van der Waals surface area contributed by atoms with Gasteiger partial charge < -0.3 is 15.7 Å². The van der Waals surface area contributed by atoms with Crippen LogP contribution in [0.4, 0.5) is 5.69 Å². The molecule has 0 aliphatic carbocycles. The van der Waals surface area contributed by atoms with E-state index in [-0.39, 0.29) is 11.9 Å². The van der Waals surface area contributed by atoms with Gasteiger partial charge in [-0.3, -0.25) is 4.79 Å². The van der Waals surface area contributed by atoms with E-state index in [2.05, 4.69) is 17.6 Å². The third-order valence-corrected chi connectivity index (χ3v) is 3.05. The van der Waals surface area contributed by atoms with Gasteiger partial charge in [0.2, 0.25) is 5.91 Å². The largest absolute Gasteiger partial charge is 0.387 e. The highest BCUT2D eigenvalue weighted by Gasteiger charge is 2.15. The predicted molar refractivity (Wildman–Crippen MR) is 78.1 cm³/mol. The van der Waals surface area contributed by atoms with E-state index in [4.69, 9.17) is 0 Å². The summed E-state index contributed by atoms with van der Waals surface area (Å²) in [6.45, 7) is 6.77. The average Bonchev–Trinajstić information content (AvgIpc) is 2.44. The molecule has 0 spiro atoms. The maximum absolute atomic E-state index is 11.3. The summed E-state index contributed by atoms with van der Waals surface area (Å²) in [4.78, 5) is 11.3. The van der Waals surface area contributed by atoms with Crippen molar-refractivity contribution >= 4 is 11.6 Å². The molecule has 0 bridgehead atoms. The van der Waals surface area contributed by atoms with Gasteiger partial charge in [0.1, 0.15) is 0 Å². The fourth-order valence-electron chi connectivity index (χ4n) is 1.79. The first-order valence-corrected chi connectivity index (χ1v) is 6.89. The highest BCUT2D eigenvalue weighted by Crippen LogP contribution is 2.19. The van der Waals surface area contributed by atoms with Gasteiger partial charge >= 0.3 is 0 Å². The van der Waals surface area contributed by atoms with Gasteiger partial charge in [0, 0.05) is 18.2 Å². The van der Waals surface area contributed by atoms with Gasteiger partial charge in [0.25, 0.3) is 0 Å². The fourth-order valence-corrected chi connectivity index (χ4v) is 1.79. The third-order valence-electron chi connectivity index (χ3n) is 3.05. The SMILES string of the molecule is CCCNC(C)C(O)c1ccc(NC(=O)CC)cc1. The minimum absolute atomic E-state index is 0.00808. The summed E-state index contributed by atoms with van der Waals surface area (Å²) in [6, 6.07) is 7.34. The Morgan fingerprint density at radius 1 is 1.26 bits per heavy atom. The predicted octanol–water partition coefficient (Wildman–Crippen LogP) is 2.46. The Bertz CT molecular complexity index is 390. The van der Waals surface area contributed by atoms with E-state index in [9.17, 15) is 9.90 Å². The normalized spacial score (nSPS) is 13.9. The second-order valence-corrected chi connectivity index (χ2v) is 4.71. The summed E-state index contributed by atoms with van der Waals surface area (Å²) in [5.41, 5.74) is 1.61. The van der Waals surface area contributed by atoms with E-state index in [1.54, 1.807) is 0 Å². The van der Waals surface area contributed by atoms with Gasteiger partial charge in [0.15, 0.2) is 0 Å². The van der Waals surface area contributed by atoms with Crippen molar-refractivity contribution in [2.75, 3.05) is 11.9 Å². The van der Waals surface area contributed by atoms with Crippen LogP contribution in [-0.4, -0.2) is 23.6 Å². The van der Waals surface area contributed by atoms with Gasteiger partial charge in [-0.05, 0) is 37.6 Å². The monoisotopic (exact) mass is 264 g/mol. The number of hydrogen-bond donors (Lipinski definition) is 3. The molecule has 2 unspecified atom stereocenters. The molecule has 4 heteroatoms. The molecule has 0 heterocycles. The number of aliphatic hydroxyl groups excluding tert-OH is 1. The molecule has 4 nitrogen and oxygen atoms in total. The van der Waals surface area contributed by atoms with Crippen LogP contribution in [0, 0.1) is 0 Å². The van der Waals surface area contributed by atoms with Gasteiger partial charge in [-0.2, -0.15) is 0 Å². The van der Waals surface area contributed by atoms with Crippen LogP contribution < -0.4 is 10.6 Å². The first-order chi connectivity index (χ1) is 9.08. The molecule has 0 aliphatic rings. The van der Waals surface area contributed by atoms with Crippen LogP contribution in [0.15, 0.2) is 24.3 Å². The van der Waals surface area contributed by atoms with Crippen molar-refractivity contribution in [1.29, 1.82) is 0 Å². The number of aliphatic hydroxyl groups is 1. The lowest BCUT2D eigenvalue weighted by molar-refractivity contribution is -0.115. The van der Waals surface area contributed by atoms with Gasteiger partial charge in [0.05, 0.1) is 6.10 Å². The van der Waals surface area contributed by atoms with Crippen molar-refractivity contribution in [1.82, 2.24) is 5.32 Å². The highest BCUT2D eigenvalue weighted by atomic mass is 16.3. The van der Waals surface area contributed by atoms with Crippen LogP contribution in [0.1, 0.15) is 45.3 Å². The molecule has 3 N–H and O–H groups in total. The molecule has 1 rings (SSSR count). The number of hydrogen-bond acceptors (Lipinski definition) is 3. The molecular formula is C15H24N2O2. The molecule has 106 valence electrons. The first kappa shape index (κ1) is 15.7. The fraction of sp³-hybridized carbons (Fsp3) is 0.533. The zero-order valence-electron chi connectivity index (χ0n) is 11.9. The Hall–Kier alpha value is -1.39. The standard InChI is InChI=1S/C15H24N2O2/c1-4-10-16-11(3)15(19)12-6-8-13(9-7-12)17-14(18)5-2/h6-9,11,15-16,19H,4-5,10H2,1-3H3,(H,17,18). The summed E-state index contributed by atoms with van der Waals surface area (Å²) < 4.78 is 0. The third kappa shape index (κ3) is 5.01. The van der Waals surface area contributed by atoms with Crippen LogP contribution in [0.2, 0.25) is 0 Å². The van der Waals surface area contributed by atoms with Gasteiger partial charge in [-0.25, -0.2) is 0 Å². The molecule has 19 heavy (non-hydrogen) atoms. The Labute approximate surface area is 115 Å². The van der Waals surface area contributed by atoms with E-state index < -0.39 is 6.10 Å². The summed E-state index contributed by atoms with van der Waals surface area (Å²) in [6.07, 6.45) is 0.962. The molecule has 1 aromatic carbocycles. The van der Waals surface area contributed by atoms with E-state index in [1.807, 2.05) is 38.1 Å². The van der Waals surface area contributed by atoms with Crippen molar-refractivity contribution in [2.24, 2.45) is 0 Å². The number of rotatable bonds is 7. The summed E-state index contributed by atoms with van der Waals surface area (Å²) in [7, 11) is 0. The van der Waals surface area contributed by atoms with Gasteiger partial charge in [-0.15, -0.1) is 0 Å². The minimum Gasteiger partial charge on any atom is -0.387 e. The topological polar surface area (TPSA) is 61.4 Å². The Morgan fingerprint density at radius 2 is 1.89 bits per heavy atom. The van der Waals surface area contributed by atoms with Crippen LogP contribution in [0.5, 0.6) is 0 Å². The Balaban J connectivity index is 2.62. The molecule has 0 aromatic heterocycles. The summed E-state index contributed by atoms with van der Waals surface area (Å²) in [5, 5.41) is 16.2. The number of carbonyl (C=O) groups excluding carboxylic acids is 1. The van der Waals surface area contributed by atoms with E-state index in [0.29, 0.717) is 6.42 Å². The molecule has 1 aromatic rings. The molecule has 0 aliphatic heterocycles. The van der Waals surface area contributed by atoms with Crippen molar-refractivity contribution in [3.05, 3.63) is 29.8 Å². The second kappa shape index (κ2) is 7.92. The van der Waals surface area contributed by atoms with Crippen molar-refractivity contribution < 1.29 is 9.90 Å². The zero-order chi connectivity index (χ0) is 14.3. The zero-order valence-corrected chi connectivity index (χ0v) is 11.9. The molecule has 0 saturated heterocycles. The summed E-state index contributed by atoms with van der Waals surface area (Å²) >= 11 is 0. The molecule has 2 atom stereocenters. The maximum atomic E-state index is 11.3. The van der Waals surface area contributed by atoms with Crippen molar-refractivity contribution in [3.63, 3.8) is 0 Å². The van der Waals surface area contributed by atoms with Crippen molar-refractivity contribution in [2.45, 2.75) is 45.8 Å². The Morgan fingerprint density at radius 3 is 2.42 bits per heavy atom. The average molecular weight is 264 g/mol. The first-order valence-electron chi connectivity index (χ1n) is 6.89. The molecule has 0 saturated carbocycles. The van der Waals surface area contributed by atoms with E-state index >= 15 is 0 Å². The minimum atomic E-state index is -0.539. The molecule has 0 fully saturated rings. The lowest BCUT2D eigenvalue weighted by Crippen LogP contribution is -2.32. The lowest BCUT2D eigenvalue weighted by Gasteiger charge is -2.20. The molecular weight excluding hydrogens is 240 g/mol. The van der Waals surface area contributed by atoms with E-state index in [1.165, 1.54) is 0 Å². The van der Waals surface area contributed by atoms with Crippen molar-refractivity contribution in [3.8, 4) is 0 Å². The van der Waals surface area contributed by atoms with Crippen LogP contribution in [-0.2, 0) is 4.79 Å². The smallest absolute Gasteiger partial charge is 0.224 e. The Kier molecular flexibility index (Phi) is 6.53. The maximum Gasteiger partial charge on any atom is 0.224 e. The number of benzene rings is 1. The number of carbonyl (C=O) groups is 1. The van der Waals surface area contributed by atoms with E-state index in [0.717, 1.165) is 24.2 Å². The number of amides is 1. The molecule has 1 amide bonds. The molecule has 0 radical (unpaired) electrons. The number of nitrogens with one attached hydrogen (secondary N) is 2. The highest BCUT2D eigenvalue weighted by molar-refractivity contribution is 5.90. The lowest BCUT2D eigenvalue weighted by atomic mass is 10.0. The summed E-state index contributed by atoms with van der Waals surface area (Å²) in [5.74, 6) is -0.00808. The second-order valence-electron chi connectivity index (χ2n) is 4.71. The van der Waals surface area contributed by atoms with Gasteiger partial charge in [-0.1, -0.05) is 26.0 Å².